The van der Waals surface area contributed by atoms with Crippen LogP contribution < -0.4 is 5.32 Å². The number of hydrogen-bond donors (Lipinski definition) is 1. The van der Waals surface area contributed by atoms with Crippen LogP contribution in [0.3, 0.4) is 0 Å². The Kier molecular flexibility index (Phi) is 6.08. The minimum atomic E-state index is 0. The fourth-order valence-corrected chi connectivity index (χ4v) is 3.72. The van der Waals surface area contributed by atoms with Crippen LogP contribution in [0.15, 0.2) is 17.4 Å². The lowest BCUT2D eigenvalue weighted by Crippen LogP contribution is -2.49. The van der Waals surface area contributed by atoms with Crippen LogP contribution in [-0.4, -0.2) is 52.9 Å². The van der Waals surface area contributed by atoms with Gasteiger partial charge in [-0.3, -0.25) is 9.67 Å². The molecule has 1 aromatic heterocycles. The molecule has 1 N–H and O–H groups in total. The Morgan fingerprint density at radius 1 is 1.36 bits per heavy atom. The van der Waals surface area contributed by atoms with E-state index in [2.05, 4.69) is 49.9 Å². The molecule has 6 nitrogen and oxygen atoms in total. The van der Waals surface area contributed by atoms with Gasteiger partial charge in [-0.25, -0.2) is 0 Å². The van der Waals surface area contributed by atoms with Crippen molar-refractivity contribution in [2.45, 2.75) is 46.8 Å². The molecule has 0 spiro atoms. The van der Waals surface area contributed by atoms with Crippen molar-refractivity contribution in [1.29, 1.82) is 0 Å². The molecular formula is C18H32IN5O. The van der Waals surface area contributed by atoms with Gasteiger partial charge in [0.15, 0.2) is 5.96 Å². The van der Waals surface area contributed by atoms with Crippen molar-refractivity contribution in [3.05, 3.63) is 18.0 Å². The zero-order chi connectivity index (χ0) is 17.5. The van der Waals surface area contributed by atoms with E-state index in [1.54, 1.807) is 0 Å². The van der Waals surface area contributed by atoms with Crippen LogP contribution in [-0.2, 0) is 11.8 Å². The Morgan fingerprint density at radius 2 is 2.04 bits per heavy atom. The molecule has 2 heterocycles. The topological polar surface area (TPSA) is 54.7 Å². The first-order valence-electron chi connectivity index (χ1n) is 8.93. The molecule has 0 aromatic carbocycles. The van der Waals surface area contributed by atoms with Crippen molar-refractivity contribution in [2.75, 3.05) is 26.2 Å². The maximum absolute atomic E-state index is 5.96. The number of hydrogen-bond acceptors (Lipinski definition) is 3. The minimum absolute atomic E-state index is 0. The molecule has 142 valence electrons. The summed E-state index contributed by atoms with van der Waals surface area (Å²) in [6.07, 6.45) is 3.98. The molecule has 1 aliphatic heterocycles. The summed E-state index contributed by atoms with van der Waals surface area (Å²) in [5, 5.41) is 7.99. The van der Waals surface area contributed by atoms with Gasteiger partial charge in [0.2, 0.25) is 0 Å². The Hall–Kier alpha value is -0.830. The van der Waals surface area contributed by atoms with Crippen molar-refractivity contribution in [2.24, 2.45) is 22.9 Å². The monoisotopic (exact) mass is 461 g/mol. The standard InChI is InChI=1S/C18H31N5O.HI/c1-7-19-16(21-15-17(2,3)18(15,4)5)23-8-9-24-14(12-23)13-10-20-22(6)11-13;/h10-11,14-15H,7-9,12H2,1-6H3,(H,19,21);1H. The molecule has 0 amide bonds. The second kappa shape index (κ2) is 7.42. The number of morpholine rings is 1. The van der Waals surface area contributed by atoms with Crippen molar-refractivity contribution in [3.8, 4) is 0 Å². The van der Waals surface area contributed by atoms with E-state index < -0.39 is 0 Å². The van der Waals surface area contributed by atoms with Gasteiger partial charge in [0, 0.05) is 37.9 Å². The maximum Gasteiger partial charge on any atom is 0.194 e. The third-order valence-corrected chi connectivity index (χ3v) is 6.06. The summed E-state index contributed by atoms with van der Waals surface area (Å²) in [5.74, 6) is 1.01. The van der Waals surface area contributed by atoms with E-state index in [4.69, 9.17) is 9.73 Å². The molecular weight excluding hydrogens is 429 g/mol. The zero-order valence-electron chi connectivity index (χ0n) is 16.2. The molecule has 1 saturated heterocycles. The van der Waals surface area contributed by atoms with E-state index in [9.17, 15) is 0 Å². The van der Waals surface area contributed by atoms with Gasteiger partial charge >= 0.3 is 0 Å². The number of nitrogens with zero attached hydrogens (tertiary/aromatic N) is 4. The highest BCUT2D eigenvalue weighted by atomic mass is 127. The second-order valence-electron chi connectivity index (χ2n) is 8.07. The molecule has 1 aliphatic carbocycles. The average Bonchev–Trinajstić information content (AvgIpc) is 2.85. The quantitative estimate of drug-likeness (QED) is 0.428. The molecule has 1 unspecified atom stereocenters. The maximum atomic E-state index is 5.96. The summed E-state index contributed by atoms with van der Waals surface area (Å²) in [6, 6.07) is 0.454. The predicted molar refractivity (Wildman–Crippen MR) is 111 cm³/mol. The van der Waals surface area contributed by atoms with Crippen LogP contribution in [0.4, 0.5) is 0 Å². The van der Waals surface area contributed by atoms with Crippen LogP contribution in [0.2, 0.25) is 0 Å². The first kappa shape index (κ1) is 20.5. The number of aliphatic imine (C=N–C) groups is 1. The van der Waals surface area contributed by atoms with Crippen molar-refractivity contribution in [1.82, 2.24) is 20.0 Å². The Balaban J connectivity index is 0.00000225. The van der Waals surface area contributed by atoms with Gasteiger partial charge in [-0.05, 0) is 17.8 Å². The summed E-state index contributed by atoms with van der Waals surface area (Å²) in [4.78, 5) is 7.08. The summed E-state index contributed by atoms with van der Waals surface area (Å²) in [7, 11) is 1.94. The van der Waals surface area contributed by atoms with E-state index in [1.165, 1.54) is 0 Å². The van der Waals surface area contributed by atoms with E-state index in [-0.39, 0.29) is 40.9 Å². The number of aromatic nitrogens is 2. The summed E-state index contributed by atoms with van der Waals surface area (Å²) < 4.78 is 7.79. The lowest BCUT2D eigenvalue weighted by molar-refractivity contribution is -0.00817. The van der Waals surface area contributed by atoms with E-state index in [0.29, 0.717) is 12.6 Å². The first-order chi connectivity index (χ1) is 11.3. The van der Waals surface area contributed by atoms with Crippen LogP contribution in [0.25, 0.3) is 0 Å². The fraction of sp³-hybridized carbons (Fsp3) is 0.778. The number of aryl methyl sites for hydroxylation is 1. The molecule has 1 atom stereocenters. The highest BCUT2D eigenvalue weighted by Crippen LogP contribution is 2.62. The Morgan fingerprint density at radius 3 is 2.56 bits per heavy atom. The third kappa shape index (κ3) is 3.82. The molecule has 1 aromatic rings. The lowest BCUT2D eigenvalue weighted by atomic mass is 10.0. The number of nitrogens with one attached hydrogen (secondary N) is 1. The SMILES string of the molecule is CCN=C(NC1C(C)(C)C1(C)C)N1CCOC(c2cnn(C)c2)C1.I. The van der Waals surface area contributed by atoms with Crippen LogP contribution >= 0.6 is 24.0 Å². The van der Waals surface area contributed by atoms with Gasteiger partial charge in [-0.1, -0.05) is 27.7 Å². The third-order valence-electron chi connectivity index (χ3n) is 6.06. The summed E-state index contributed by atoms with van der Waals surface area (Å²) >= 11 is 0. The van der Waals surface area contributed by atoms with E-state index >= 15 is 0 Å². The van der Waals surface area contributed by atoms with Gasteiger partial charge in [0.25, 0.3) is 0 Å². The Bertz CT molecular complexity index is 611. The minimum Gasteiger partial charge on any atom is -0.370 e. The van der Waals surface area contributed by atoms with Crippen molar-refractivity contribution in [3.63, 3.8) is 0 Å². The molecule has 7 heteroatoms. The molecule has 2 aliphatic rings. The smallest absolute Gasteiger partial charge is 0.194 e. The average molecular weight is 461 g/mol. The second-order valence-corrected chi connectivity index (χ2v) is 8.07. The van der Waals surface area contributed by atoms with Crippen LogP contribution in [0.1, 0.15) is 46.3 Å². The highest BCUT2D eigenvalue weighted by molar-refractivity contribution is 14.0. The van der Waals surface area contributed by atoms with Crippen LogP contribution in [0.5, 0.6) is 0 Å². The van der Waals surface area contributed by atoms with Gasteiger partial charge in [-0.15, -0.1) is 24.0 Å². The normalized spacial score (nSPS) is 25.4. The molecule has 25 heavy (non-hydrogen) atoms. The number of ether oxygens (including phenoxy) is 1. The largest absolute Gasteiger partial charge is 0.370 e. The molecule has 0 bridgehead atoms. The van der Waals surface area contributed by atoms with Crippen molar-refractivity contribution < 1.29 is 4.74 Å². The predicted octanol–water partition coefficient (Wildman–Crippen LogP) is 2.81. The highest BCUT2D eigenvalue weighted by Gasteiger charge is 2.65. The number of guanidine groups is 1. The first-order valence-corrected chi connectivity index (χ1v) is 8.93. The molecule has 3 rings (SSSR count). The lowest BCUT2D eigenvalue weighted by Gasteiger charge is -2.35. The van der Waals surface area contributed by atoms with Gasteiger partial charge in [0.05, 0.1) is 19.3 Å². The van der Waals surface area contributed by atoms with E-state index in [0.717, 1.165) is 31.2 Å². The van der Waals surface area contributed by atoms with Gasteiger partial charge in [-0.2, -0.15) is 5.10 Å². The molecule has 0 radical (unpaired) electrons. The summed E-state index contributed by atoms with van der Waals surface area (Å²) in [6.45, 7) is 14.6. The number of rotatable bonds is 3. The molecule has 2 fully saturated rings. The summed E-state index contributed by atoms with van der Waals surface area (Å²) in [5.41, 5.74) is 1.71. The Labute approximate surface area is 168 Å². The van der Waals surface area contributed by atoms with Crippen molar-refractivity contribution >= 4 is 29.9 Å². The van der Waals surface area contributed by atoms with Crippen LogP contribution in [0, 0.1) is 10.8 Å². The van der Waals surface area contributed by atoms with Gasteiger partial charge in [0.1, 0.15) is 6.10 Å². The van der Waals surface area contributed by atoms with E-state index in [1.807, 2.05) is 24.1 Å². The number of halogens is 1. The van der Waals surface area contributed by atoms with Gasteiger partial charge < -0.3 is 15.0 Å². The zero-order valence-corrected chi connectivity index (χ0v) is 18.6. The molecule has 1 saturated carbocycles. The fourth-order valence-electron chi connectivity index (χ4n) is 3.72.